The molecule has 0 aromatic carbocycles. The van der Waals surface area contributed by atoms with Crippen molar-refractivity contribution < 1.29 is 4.79 Å². The van der Waals surface area contributed by atoms with Gasteiger partial charge in [-0.25, -0.2) is 0 Å². The molecule has 90 valence electrons. The zero-order chi connectivity index (χ0) is 12.4. The second-order valence-electron chi connectivity index (χ2n) is 4.45. The Morgan fingerprint density at radius 3 is 2.50 bits per heavy atom. The van der Waals surface area contributed by atoms with E-state index in [-0.39, 0.29) is 0 Å². The van der Waals surface area contributed by atoms with Crippen LogP contribution in [-0.2, 0) is 4.79 Å². The Kier molecular flexibility index (Phi) is 8.51. The van der Waals surface area contributed by atoms with Crippen LogP contribution in [0.25, 0.3) is 0 Å². The smallest absolute Gasteiger partial charge is 0.145 e. The van der Waals surface area contributed by atoms with E-state index in [9.17, 15) is 4.79 Å². The summed E-state index contributed by atoms with van der Waals surface area (Å²) in [7, 11) is 0. The van der Waals surface area contributed by atoms with E-state index in [0.717, 1.165) is 31.1 Å². The fourth-order valence-electron chi connectivity index (χ4n) is 1.39. The van der Waals surface area contributed by atoms with Crippen LogP contribution in [-0.4, -0.2) is 6.29 Å². The van der Waals surface area contributed by atoms with E-state index in [0.29, 0.717) is 5.92 Å². The summed E-state index contributed by atoms with van der Waals surface area (Å²) in [5.41, 5.74) is 2.24. The monoisotopic (exact) mass is 220 g/mol. The van der Waals surface area contributed by atoms with Crippen molar-refractivity contribution in [3.63, 3.8) is 0 Å². The van der Waals surface area contributed by atoms with Gasteiger partial charge >= 0.3 is 0 Å². The first-order chi connectivity index (χ1) is 7.60. The molecule has 0 aromatic rings. The van der Waals surface area contributed by atoms with Crippen molar-refractivity contribution in [2.24, 2.45) is 5.92 Å². The van der Waals surface area contributed by atoms with Crippen molar-refractivity contribution in [3.05, 3.63) is 36.0 Å². The summed E-state index contributed by atoms with van der Waals surface area (Å²) < 4.78 is 0. The van der Waals surface area contributed by atoms with Crippen molar-refractivity contribution in [1.29, 1.82) is 0 Å². The van der Waals surface area contributed by atoms with Crippen LogP contribution in [0.4, 0.5) is 0 Å². The lowest BCUT2D eigenvalue weighted by atomic mass is 10.0. The van der Waals surface area contributed by atoms with E-state index in [2.05, 4.69) is 26.5 Å². The van der Waals surface area contributed by atoms with E-state index >= 15 is 0 Å². The second-order valence-corrected chi connectivity index (χ2v) is 4.45. The van der Waals surface area contributed by atoms with Crippen LogP contribution in [0.1, 0.15) is 46.5 Å². The van der Waals surface area contributed by atoms with Gasteiger partial charge in [0.15, 0.2) is 0 Å². The highest BCUT2D eigenvalue weighted by atomic mass is 16.1. The molecule has 1 nitrogen and oxygen atoms in total. The third kappa shape index (κ3) is 8.22. The highest BCUT2D eigenvalue weighted by Gasteiger charge is 1.94. The summed E-state index contributed by atoms with van der Waals surface area (Å²) in [4.78, 5) is 10.4. The molecular weight excluding hydrogens is 196 g/mol. The van der Waals surface area contributed by atoms with E-state index in [1.54, 1.807) is 0 Å². The molecule has 16 heavy (non-hydrogen) atoms. The van der Waals surface area contributed by atoms with Crippen LogP contribution in [0.15, 0.2) is 36.0 Å². The lowest BCUT2D eigenvalue weighted by molar-refractivity contribution is -0.104. The van der Waals surface area contributed by atoms with Crippen molar-refractivity contribution in [2.75, 3.05) is 0 Å². The molecule has 0 radical (unpaired) electrons. The summed E-state index contributed by atoms with van der Waals surface area (Å²) in [6.07, 6.45) is 11.5. The summed E-state index contributed by atoms with van der Waals surface area (Å²) >= 11 is 0. The number of aldehydes is 1. The fraction of sp³-hybridized carbons (Fsp3) is 0.533. The van der Waals surface area contributed by atoms with Crippen LogP contribution >= 0.6 is 0 Å². The maximum atomic E-state index is 10.4. The minimum absolute atomic E-state index is 0.598. The molecule has 0 bridgehead atoms. The Labute approximate surface area is 99.9 Å². The zero-order valence-electron chi connectivity index (χ0n) is 10.8. The van der Waals surface area contributed by atoms with E-state index in [1.807, 2.05) is 19.1 Å². The van der Waals surface area contributed by atoms with Crippen LogP contribution < -0.4 is 0 Å². The standard InChI is InChI=1S/C15H24O/c1-5-13(2)8-6-9-14(3)10-7-11-15(4)12-16/h5,9,11-13H,1,6-8,10H2,2-4H3/b14-9+,15-11+. The molecule has 0 saturated carbocycles. The van der Waals surface area contributed by atoms with Gasteiger partial charge in [0, 0.05) is 0 Å². The topological polar surface area (TPSA) is 17.1 Å². The van der Waals surface area contributed by atoms with Crippen LogP contribution in [0, 0.1) is 5.92 Å². The molecule has 0 fully saturated rings. The van der Waals surface area contributed by atoms with Gasteiger partial charge in [-0.15, -0.1) is 6.58 Å². The molecule has 0 heterocycles. The molecule has 0 N–H and O–H groups in total. The SMILES string of the molecule is C=CC(C)CC/C=C(\C)CC/C=C(\C)C=O. The predicted molar refractivity (Wildman–Crippen MR) is 71.4 cm³/mol. The average molecular weight is 220 g/mol. The Hall–Kier alpha value is -1.11. The number of hydrogen-bond donors (Lipinski definition) is 0. The van der Waals surface area contributed by atoms with Gasteiger partial charge in [0.25, 0.3) is 0 Å². The van der Waals surface area contributed by atoms with Gasteiger partial charge in [0.05, 0.1) is 0 Å². The third-order valence-electron chi connectivity index (χ3n) is 2.71. The Bertz CT molecular complexity index is 271. The first kappa shape index (κ1) is 14.9. The van der Waals surface area contributed by atoms with Crippen LogP contribution in [0.2, 0.25) is 0 Å². The Morgan fingerprint density at radius 1 is 1.25 bits per heavy atom. The zero-order valence-corrected chi connectivity index (χ0v) is 10.8. The highest BCUT2D eigenvalue weighted by Crippen LogP contribution is 2.11. The minimum atomic E-state index is 0.598. The molecule has 1 unspecified atom stereocenters. The normalized spacial score (nSPS) is 14.7. The quantitative estimate of drug-likeness (QED) is 0.335. The summed E-state index contributed by atoms with van der Waals surface area (Å²) in [6, 6.07) is 0. The van der Waals surface area contributed by atoms with E-state index < -0.39 is 0 Å². The van der Waals surface area contributed by atoms with Gasteiger partial charge in [0.1, 0.15) is 6.29 Å². The molecule has 1 heteroatoms. The lowest BCUT2D eigenvalue weighted by Gasteiger charge is -2.03. The number of carbonyl (C=O) groups is 1. The highest BCUT2D eigenvalue weighted by molar-refractivity contribution is 5.71. The molecule has 0 spiro atoms. The fourth-order valence-corrected chi connectivity index (χ4v) is 1.39. The second kappa shape index (κ2) is 9.14. The number of carbonyl (C=O) groups excluding carboxylic acids is 1. The largest absolute Gasteiger partial charge is 0.298 e. The minimum Gasteiger partial charge on any atom is -0.298 e. The molecule has 0 aromatic heterocycles. The van der Waals surface area contributed by atoms with Crippen LogP contribution in [0.3, 0.4) is 0 Å². The number of allylic oxidation sites excluding steroid dienone is 5. The Morgan fingerprint density at radius 2 is 1.94 bits per heavy atom. The summed E-state index contributed by atoms with van der Waals surface area (Å²) in [5, 5.41) is 0. The third-order valence-corrected chi connectivity index (χ3v) is 2.71. The summed E-state index contributed by atoms with van der Waals surface area (Å²) in [6.45, 7) is 9.96. The first-order valence-corrected chi connectivity index (χ1v) is 6.00. The molecule has 0 aliphatic carbocycles. The van der Waals surface area contributed by atoms with Gasteiger partial charge in [0.2, 0.25) is 0 Å². The lowest BCUT2D eigenvalue weighted by Crippen LogP contribution is -1.87. The molecule has 0 rings (SSSR count). The maximum absolute atomic E-state index is 10.4. The van der Waals surface area contributed by atoms with Crippen molar-refractivity contribution in [3.8, 4) is 0 Å². The number of hydrogen-bond acceptors (Lipinski definition) is 1. The van der Waals surface area contributed by atoms with Crippen LogP contribution in [0.5, 0.6) is 0 Å². The van der Waals surface area contributed by atoms with Gasteiger partial charge < -0.3 is 0 Å². The van der Waals surface area contributed by atoms with Gasteiger partial charge in [-0.2, -0.15) is 0 Å². The van der Waals surface area contributed by atoms with Gasteiger partial charge in [-0.3, -0.25) is 4.79 Å². The van der Waals surface area contributed by atoms with Crippen molar-refractivity contribution in [1.82, 2.24) is 0 Å². The molecule has 0 saturated heterocycles. The van der Waals surface area contributed by atoms with E-state index in [1.165, 1.54) is 12.0 Å². The van der Waals surface area contributed by atoms with Crippen molar-refractivity contribution >= 4 is 6.29 Å². The predicted octanol–water partition coefficient (Wildman–Crippen LogP) is 4.46. The van der Waals surface area contributed by atoms with Gasteiger partial charge in [-0.05, 0) is 51.0 Å². The number of rotatable bonds is 8. The average Bonchev–Trinajstić information content (AvgIpc) is 2.28. The molecule has 0 aliphatic heterocycles. The van der Waals surface area contributed by atoms with Gasteiger partial charge in [-0.1, -0.05) is 30.7 Å². The molecule has 1 atom stereocenters. The molecular formula is C15H24O. The maximum Gasteiger partial charge on any atom is 0.145 e. The first-order valence-electron chi connectivity index (χ1n) is 6.00. The van der Waals surface area contributed by atoms with E-state index in [4.69, 9.17) is 0 Å². The molecule has 0 aliphatic rings. The molecule has 0 amide bonds. The summed E-state index contributed by atoms with van der Waals surface area (Å²) in [5.74, 6) is 0.598. The Balaban J connectivity index is 3.79. The van der Waals surface area contributed by atoms with Crippen molar-refractivity contribution in [2.45, 2.75) is 46.5 Å².